The molecular formula is C22H36Cl2SiZr-2. The fourth-order valence-corrected chi connectivity index (χ4v) is 2.70. The van der Waals surface area contributed by atoms with E-state index in [-0.39, 0.29) is 30.2 Å². The Hall–Kier alpha value is 0.380. The Labute approximate surface area is 190 Å². The van der Waals surface area contributed by atoms with E-state index in [1.54, 1.807) is 23.3 Å². The summed E-state index contributed by atoms with van der Waals surface area (Å²) in [4.78, 5) is 0. The molecule has 0 spiro atoms. The molecule has 2 aromatic rings. The first-order valence-electron chi connectivity index (χ1n) is 8.74. The van der Waals surface area contributed by atoms with Crippen molar-refractivity contribution in [3.63, 3.8) is 0 Å². The smallest absolute Gasteiger partial charge is 0.0362 e. The fourth-order valence-electron chi connectivity index (χ4n) is 2.70. The summed E-state index contributed by atoms with van der Waals surface area (Å²) < 4.78 is 0. The van der Waals surface area contributed by atoms with E-state index in [4.69, 9.17) is 0 Å². The average molecular weight is 491 g/mol. The molecule has 2 rings (SSSR count). The molecule has 0 saturated heterocycles. The van der Waals surface area contributed by atoms with Crippen molar-refractivity contribution in [2.75, 3.05) is 0 Å². The van der Waals surface area contributed by atoms with E-state index < -0.39 is 0 Å². The van der Waals surface area contributed by atoms with Gasteiger partial charge in [-0.25, -0.2) is 24.3 Å². The van der Waals surface area contributed by atoms with Gasteiger partial charge >= 0.3 is 41.9 Å². The van der Waals surface area contributed by atoms with Crippen molar-refractivity contribution in [2.24, 2.45) is 0 Å². The van der Waals surface area contributed by atoms with Crippen molar-refractivity contribution in [3.05, 3.63) is 58.7 Å². The van der Waals surface area contributed by atoms with Crippen LogP contribution in [0.1, 0.15) is 63.8 Å². The van der Waals surface area contributed by atoms with Crippen LogP contribution in [0.15, 0.2) is 36.4 Å². The largest absolute Gasteiger partial charge is 1.00 e. The van der Waals surface area contributed by atoms with E-state index in [1.807, 2.05) is 0 Å². The van der Waals surface area contributed by atoms with Crippen LogP contribution in [0.3, 0.4) is 0 Å². The van der Waals surface area contributed by atoms with Gasteiger partial charge < -0.3 is 24.8 Å². The van der Waals surface area contributed by atoms with Crippen LogP contribution < -0.4 is 24.8 Å². The molecule has 0 nitrogen and oxygen atoms in total. The Morgan fingerprint density at radius 1 is 0.731 bits per heavy atom. The van der Waals surface area contributed by atoms with Gasteiger partial charge in [0.1, 0.15) is 0 Å². The molecule has 4 heteroatoms. The Morgan fingerprint density at radius 3 is 1.04 bits per heavy atom. The van der Waals surface area contributed by atoms with E-state index in [0.29, 0.717) is 10.8 Å². The molecule has 0 fully saturated rings. The van der Waals surface area contributed by atoms with Crippen molar-refractivity contribution in [2.45, 2.75) is 79.3 Å². The summed E-state index contributed by atoms with van der Waals surface area (Å²) in [7, 11) is 0. The minimum Gasteiger partial charge on any atom is -1.00 e. The monoisotopic (exact) mass is 488 g/mol. The maximum absolute atomic E-state index is 2.31. The van der Waals surface area contributed by atoms with Gasteiger partial charge in [-0.3, -0.25) is 0 Å². The van der Waals surface area contributed by atoms with Gasteiger partial charge in [-0.05, 0) is 10.8 Å². The van der Waals surface area contributed by atoms with E-state index in [9.17, 15) is 0 Å². The van der Waals surface area contributed by atoms with Crippen LogP contribution in [0.5, 0.6) is 0 Å². The summed E-state index contributed by atoms with van der Waals surface area (Å²) in [6.07, 6.45) is 0. The van der Waals surface area contributed by atoms with Gasteiger partial charge in [0, 0.05) is 0 Å². The molecule has 0 N–H and O–H groups in total. The molecule has 0 amide bonds. The molecule has 0 radical (unpaired) electrons. The normalized spacial score (nSPS) is 10.3. The van der Waals surface area contributed by atoms with E-state index in [1.165, 1.54) is 22.3 Å². The van der Waals surface area contributed by atoms with Crippen molar-refractivity contribution in [1.82, 2.24) is 0 Å². The topological polar surface area (TPSA) is 0 Å². The first-order valence-corrected chi connectivity index (χ1v) is 14.9. The number of hydrogen-bond donors (Lipinski definition) is 0. The number of aryl methyl sites for hydroxylation is 2. The Balaban J connectivity index is -0.000000319. The third-order valence-corrected chi connectivity index (χ3v) is 3.68. The van der Waals surface area contributed by atoms with Crippen molar-refractivity contribution >= 4 is 5.43 Å². The molecule has 0 unspecified atom stereocenters. The molecule has 26 heavy (non-hydrogen) atoms. The van der Waals surface area contributed by atoms with Crippen LogP contribution in [-0.2, 0) is 34.2 Å². The molecule has 0 saturated carbocycles. The predicted molar refractivity (Wildman–Crippen MR) is 108 cm³/mol. The molecule has 0 aliphatic rings. The van der Waals surface area contributed by atoms with Gasteiger partial charge in [0.15, 0.2) is 0 Å². The van der Waals surface area contributed by atoms with Crippen molar-refractivity contribution in [1.29, 1.82) is 0 Å². The van der Waals surface area contributed by atoms with Gasteiger partial charge in [0.2, 0.25) is 0 Å². The summed E-state index contributed by atoms with van der Waals surface area (Å²) in [5.41, 5.74) is 6.59. The van der Waals surface area contributed by atoms with Gasteiger partial charge in [0.05, 0.1) is 0 Å². The molecule has 0 bridgehead atoms. The summed E-state index contributed by atoms with van der Waals surface area (Å²) in [6.45, 7) is 22.4. The third-order valence-electron chi connectivity index (χ3n) is 3.68. The second-order valence-electron chi connectivity index (χ2n) is 8.74. The second-order valence-corrected chi connectivity index (χ2v) is 18.1. The van der Waals surface area contributed by atoms with Crippen LogP contribution in [0.2, 0.25) is 13.1 Å². The molecule has 0 atom stereocenters. The zero-order valence-corrected chi connectivity index (χ0v) is 23.2. The molecule has 0 heterocycles. The van der Waals surface area contributed by atoms with Crippen molar-refractivity contribution < 1.29 is 48.1 Å². The number of halogens is 2. The van der Waals surface area contributed by atoms with E-state index in [2.05, 4.69) is 105 Å². The summed E-state index contributed by atoms with van der Waals surface area (Å²) >= 11 is 1.74. The third kappa shape index (κ3) is 12.7. The zero-order chi connectivity index (χ0) is 19.1. The first kappa shape index (κ1) is 31.1. The number of hydrogen-bond acceptors (Lipinski definition) is 0. The minimum absolute atomic E-state index is 0. The minimum atomic E-state index is 0. The molecule has 2 aromatic carbocycles. The van der Waals surface area contributed by atoms with E-state index in [0.717, 1.165) is 0 Å². The zero-order valence-electron chi connectivity index (χ0n) is 18.2. The summed E-state index contributed by atoms with van der Waals surface area (Å²) in [6, 6.07) is 13.0. The van der Waals surface area contributed by atoms with Crippen LogP contribution in [0.25, 0.3) is 0 Å². The van der Waals surface area contributed by atoms with E-state index >= 15 is 0 Å². The Kier molecular flexibility index (Phi) is 16.2. The van der Waals surface area contributed by atoms with Crippen LogP contribution in [-0.4, -0.2) is 5.43 Å². The first-order chi connectivity index (χ1) is 10.8. The maximum Gasteiger partial charge on any atom is -0.0362 e. The standard InChI is InChI=1S/2C10H15.C2H6Si.2ClH.Zr/c2*1-8-6-5-7-9(8)10(2,3)4;1-3-2;;;/h2*5-7H,1-4H3;1-2H3;2*1H;/q2*-1;;;;+2/p-2. The van der Waals surface area contributed by atoms with Gasteiger partial charge in [-0.1, -0.05) is 55.4 Å². The van der Waals surface area contributed by atoms with Gasteiger partial charge in [-0.15, -0.1) is 0 Å². The second kappa shape index (κ2) is 13.5. The average Bonchev–Trinajstić information content (AvgIpc) is 2.95. The SMILES string of the molecule is C[Si](C)=[Zr+2].C[c-]1cccc1C(C)(C)C.C[c-]1cccc1C(C)(C)C.[Cl-].[Cl-]. The quantitative estimate of drug-likeness (QED) is 0.379. The van der Waals surface area contributed by atoms with Crippen LogP contribution in [0, 0.1) is 13.8 Å². The Bertz CT molecular complexity index is 571. The van der Waals surface area contributed by atoms with Gasteiger partial charge in [-0.2, -0.15) is 34.4 Å². The molecule has 0 aliphatic heterocycles. The summed E-state index contributed by atoms with van der Waals surface area (Å²) in [5.74, 6) is 0. The maximum atomic E-state index is 2.31. The Morgan fingerprint density at radius 2 is 0.962 bits per heavy atom. The molecule has 148 valence electrons. The van der Waals surface area contributed by atoms with Crippen LogP contribution in [0.4, 0.5) is 0 Å². The summed E-state index contributed by atoms with van der Waals surface area (Å²) in [5, 5.41) is 0. The number of rotatable bonds is 0. The molecular weight excluding hydrogens is 454 g/mol. The van der Waals surface area contributed by atoms with Crippen LogP contribution >= 0.6 is 0 Å². The van der Waals surface area contributed by atoms with Crippen molar-refractivity contribution in [3.8, 4) is 0 Å². The molecule has 0 aromatic heterocycles. The molecule has 0 aliphatic carbocycles. The predicted octanol–water partition coefficient (Wildman–Crippen LogP) is 0.815. The van der Waals surface area contributed by atoms with Gasteiger partial charge in [0.25, 0.3) is 0 Å². The fraction of sp³-hybridized carbons (Fsp3) is 0.545.